The van der Waals surface area contributed by atoms with E-state index < -0.39 is 33.9 Å². The number of imidazole rings is 1. The van der Waals surface area contributed by atoms with Crippen molar-refractivity contribution in [1.82, 2.24) is 14.7 Å². The first kappa shape index (κ1) is 25.6. The summed E-state index contributed by atoms with van der Waals surface area (Å²) in [6, 6.07) is 19.5. The molecule has 0 aliphatic rings. The second kappa shape index (κ2) is 10.6. The van der Waals surface area contributed by atoms with Gasteiger partial charge in [-0.05, 0) is 48.9 Å². The lowest BCUT2D eigenvalue weighted by molar-refractivity contribution is -0.124. The number of amides is 2. The SMILES string of the molecule is CCC(OC(=O)c1ccccc1-c1nc2ccccc2[nH]1)C(=O)Nc1ccc(S(=O)(=O)NC(C)=O)cc1. The topological polar surface area (TPSA) is 147 Å². The van der Waals surface area contributed by atoms with Crippen molar-refractivity contribution in [1.29, 1.82) is 0 Å². The molecule has 0 saturated carbocycles. The van der Waals surface area contributed by atoms with E-state index in [0.717, 1.165) is 18.0 Å². The Hall–Kier alpha value is -4.51. The van der Waals surface area contributed by atoms with Crippen molar-refractivity contribution in [3.63, 3.8) is 0 Å². The molecule has 0 saturated heterocycles. The third kappa shape index (κ3) is 5.84. The Morgan fingerprint density at radius 3 is 2.32 bits per heavy atom. The first-order valence-corrected chi connectivity index (χ1v) is 12.9. The standard InChI is InChI=1S/C26H24N4O6S/c1-3-23(25(32)27-17-12-14-18(15-13-17)37(34,35)30-16(2)31)36-26(33)20-9-5-4-8-19(20)24-28-21-10-6-7-11-22(21)29-24/h4-15,23H,3H2,1-2H3,(H,27,32)(H,28,29)(H,30,31). The average Bonchev–Trinajstić information content (AvgIpc) is 3.31. The molecule has 0 bridgehead atoms. The maximum absolute atomic E-state index is 13.1. The fourth-order valence-electron chi connectivity index (χ4n) is 3.65. The molecule has 2 amide bonds. The zero-order chi connectivity index (χ0) is 26.6. The molecular weight excluding hydrogens is 496 g/mol. The van der Waals surface area contributed by atoms with Gasteiger partial charge in [0.25, 0.3) is 15.9 Å². The summed E-state index contributed by atoms with van der Waals surface area (Å²) in [6.07, 6.45) is -0.890. The van der Waals surface area contributed by atoms with Gasteiger partial charge in [-0.2, -0.15) is 0 Å². The molecule has 1 atom stereocenters. The van der Waals surface area contributed by atoms with Crippen LogP contribution in [0.5, 0.6) is 0 Å². The van der Waals surface area contributed by atoms with Crippen LogP contribution in [0.25, 0.3) is 22.4 Å². The van der Waals surface area contributed by atoms with Gasteiger partial charge in [0.1, 0.15) is 5.82 Å². The van der Waals surface area contributed by atoms with Gasteiger partial charge < -0.3 is 15.0 Å². The fraction of sp³-hybridized carbons (Fsp3) is 0.154. The number of rotatable bonds is 8. The van der Waals surface area contributed by atoms with Crippen LogP contribution in [-0.2, 0) is 24.3 Å². The summed E-state index contributed by atoms with van der Waals surface area (Å²) in [7, 11) is -4.00. The predicted octanol–water partition coefficient (Wildman–Crippen LogP) is 3.63. The Kier molecular flexibility index (Phi) is 7.35. The van der Waals surface area contributed by atoms with E-state index in [-0.39, 0.29) is 16.9 Å². The molecule has 3 N–H and O–H groups in total. The van der Waals surface area contributed by atoms with Gasteiger partial charge in [-0.15, -0.1) is 0 Å². The van der Waals surface area contributed by atoms with E-state index in [1.807, 2.05) is 29.0 Å². The van der Waals surface area contributed by atoms with Crippen molar-refractivity contribution in [2.75, 3.05) is 5.32 Å². The van der Waals surface area contributed by atoms with Crippen molar-refractivity contribution in [2.24, 2.45) is 0 Å². The normalized spacial score (nSPS) is 12.1. The molecule has 1 aromatic heterocycles. The second-order valence-electron chi connectivity index (χ2n) is 8.13. The van der Waals surface area contributed by atoms with Crippen LogP contribution in [0.4, 0.5) is 5.69 Å². The summed E-state index contributed by atoms with van der Waals surface area (Å²) in [6.45, 7) is 2.79. The highest BCUT2D eigenvalue weighted by atomic mass is 32.2. The number of ether oxygens (including phenoxy) is 1. The van der Waals surface area contributed by atoms with Crippen LogP contribution in [0.15, 0.2) is 77.7 Å². The molecular formula is C26H24N4O6S. The van der Waals surface area contributed by atoms with Crippen LogP contribution >= 0.6 is 0 Å². The number of fused-ring (bicyclic) bond motifs is 1. The molecule has 3 aromatic carbocycles. The first-order valence-electron chi connectivity index (χ1n) is 11.4. The van der Waals surface area contributed by atoms with Crippen molar-refractivity contribution in [3.8, 4) is 11.4 Å². The number of nitrogens with zero attached hydrogens (tertiary/aromatic N) is 1. The van der Waals surface area contributed by atoms with Crippen LogP contribution in [0.2, 0.25) is 0 Å². The van der Waals surface area contributed by atoms with E-state index in [2.05, 4.69) is 15.3 Å². The molecule has 1 unspecified atom stereocenters. The number of para-hydroxylation sites is 2. The van der Waals surface area contributed by atoms with Crippen LogP contribution in [0.1, 0.15) is 30.6 Å². The number of hydrogen-bond donors (Lipinski definition) is 3. The van der Waals surface area contributed by atoms with Crippen LogP contribution in [0, 0.1) is 0 Å². The summed E-state index contributed by atoms with van der Waals surface area (Å²) >= 11 is 0. The second-order valence-corrected chi connectivity index (χ2v) is 9.81. The minimum atomic E-state index is -4.00. The number of hydrogen-bond acceptors (Lipinski definition) is 7. The molecule has 4 rings (SSSR count). The summed E-state index contributed by atoms with van der Waals surface area (Å²) in [5.41, 5.74) is 2.66. The molecule has 10 nitrogen and oxygen atoms in total. The van der Waals surface area contributed by atoms with E-state index in [1.54, 1.807) is 31.2 Å². The number of nitrogens with one attached hydrogen (secondary N) is 3. The molecule has 11 heteroatoms. The summed E-state index contributed by atoms with van der Waals surface area (Å²) in [5, 5.41) is 2.62. The van der Waals surface area contributed by atoms with Crippen LogP contribution in [-0.4, -0.2) is 42.3 Å². The zero-order valence-corrected chi connectivity index (χ0v) is 20.8. The van der Waals surface area contributed by atoms with Crippen molar-refractivity contribution >= 4 is 44.5 Å². The molecule has 37 heavy (non-hydrogen) atoms. The third-order valence-electron chi connectivity index (χ3n) is 5.41. The first-order chi connectivity index (χ1) is 17.7. The van der Waals surface area contributed by atoms with E-state index in [9.17, 15) is 22.8 Å². The van der Waals surface area contributed by atoms with Crippen molar-refractivity contribution in [2.45, 2.75) is 31.3 Å². The number of anilines is 1. The molecule has 190 valence electrons. The van der Waals surface area contributed by atoms with Gasteiger partial charge in [-0.25, -0.2) is 22.9 Å². The highest BCUT2D eigenvalue weighted by Crippen LogP contribution is 2.25. The third-order valence-corrected chi connectivity index (χ3v) is 6.86. The van der Waals surface area contributed by atoms with Crippen molar-refractivity contribution in [3.05, 3.63) is 78.4 Å². The van der Waals surface area contributed by atoms with E-state index in [1.165, 1.54) is 24.3 Å². The number of aromatic nitrogens is 2. The van der Waals surface area contributed by atoms with Crippen molar-refractivity contribution < 1.29 is 27.5 Å². The van der Waals surface area contributed by atoms with Gasteiger partial charge in [0.05, 0.1) is 21.5 Å². The lowest BCUT2D eigenvalue weighted by atomic mass is 10.1. The maximum atomic E-state index is 13.1. The summed E-state index contributed by atoms with van der Waals surface area (Å²) in [4.78, 5) is 44.6. The zero-order valence-electron chi connectivity index (χ0n) is 20.0. The number of H-pyrrole nitrogens is 1. The maximum Gasteiger partial charge on any atom is 0.339 e. The van der Waals surface area contributed by atoms with Gasteiger partial charge in [0, 0.05) is 18.2 Å². The molecule has 4 aromatic rings. The quantitative estimate of drug-likeness (QED) is 0.301. The van der Waals surface area contributed by atoms with Gasteiger partial charge in [-0.1, -0.05) is 37.3 Å². The highest BCUT2D eigenvalue weighted by Gasteiger charge is 2.25. The molecule has 1 heterocycles. The number of esters is 1. The Morgan fingerprint density at radius 1 is 0.973 bits per heavy atom. The number of aromatic amines is 1. The fourth-order valence-corrected chi connectivity index (χ4v) is 4.64. The predicted molar refractivity (Wildman–Crippen MR) is 137 cm³/mol. The van der Waals surface area contributed by atoms with E-state index in [4.69, 9.17) is 4.74 Å². The minimum Gasteiger partial charge on any atom is -0.449 e. The molecule has 0 aliphatic heterocycles. The Morgan fingerprint density at radius 2 is 1.65 bits per heavy atom. The Bertz CT molecular complexity index is 1550. The van der Waals surface area contributed by atoms with Gasteiger partial charge in [0.15, 0.2) is 6.10 Å². The van der Waals surface area contributed by atoms with Gasteiger partial charge in [-0.3, -0.25) is 9.59 Å². The largest absolute Gasteiger partial charge is 0.449 e. The number of benzene rings is 3. The lowest BCUT2D eigenvalue weighted by Crippen LogP contribution is -2.32. The summed E-state index contributed by atoms with van der Waals surface area (Å²) in [5.74, 6) is -1.48. The molecule has 0 fully saturated rings. The highest BCUT2D eigenvalue weighted by molar-refractivity contribution is 7.90. The van der Waals surface area contributed by atoms with Gasteiger partial charge >= 0.3 is 5.97 Å². The summed E-state index contributed by atoms with van der Waals surface area (Å²) < 4.78 is 31.6. The molecule has 0 radical (unpaired) electrons. The minimum absolute atomic E-state index is 0.138. The Labute approximate surface area is 213 Å². The van der Waals surface area contributed by atoms with E-state index >= 15 is 0 Å². The van der Waals surface area contributed by atoms with Gasteiger partial charge in [0.2, 0.25) is 5.91 Å². The molecule has 0 aliphatic carbocycles. The number of carbonyl (C=O) groups excluding carboxylic acids is 3. The molecule has 0 spiro atoms. The lowest BCUT2D eigenvalue weighted by Gasteiger charge is -2.17. The monoisotopic (exact) mass is 520 g/mol. The number of carbonyl (C=O) groups is 3. The number of sulfonamides is 1. The van der Waals surface area contributed by atoms with Crippen LogP contribution < -0.4 is 10.0 Å². The Balaban J connectivity index is 1.48. The van der Waals surface area contributed by atoms with E-state index in [0.29, 0.717) is 17.1 Å². The van der Waals surface area contributed by atoms with Crippen LogP contribution in [0.3, 0.4) is 0 Å². The smallest absolute Gasteiger partial charge is 0.339 e. The average molecular weight is 521 g/mol.